The smallest absolute Gasteiger partial charge is 0.251 e. The van der Waals surface area contributed by atoms with E-state index >= 15 is 0 Å². The van der Waals surface area contributed by atoms with Gasteiger partial charge in [-0.25, -0.2) is 0 Å². The van der Waals surface area contributed by atoms with Crippen LogP contribution in [0.5, 0.6) is 0 Å². The molecule has 0 bridgehead atoms. The highest BCUT2D eigenvalue weighted by Gasteiger charge is 2.06. The van der Waals surface area contributed by atoms with Gasteiger partial charge in [0.15, 0.2) is 0 Å². The number of nitrogens with one attached hydrogen (secondary N) is 2. The Labute approximate surface area is 129 Å². The number of aromatic nitrogens is 2. The molecule has 0 saturated heterocycles. The van der Waals surface area contributed by atoms with Crippen molar-refractivity contribution in [1.29, 1.82) is 0 Å². The van der Waals surface area contributed by atoms with E-state index in [1.165, 1.54) is 11.1 Å². The molecule has 1 aromatic heterocycles. The first kappa shape index (κ1) is 15.6. The molecule has 2 N–H and O–H groups in total. The van der Waals surface area contributed by atoms with Gasteiger partial charge in [0.25, 0.3) is 5.91 Å². The third-order valence-electron chi connectivity index (χ3n) is 3.34. The Bertz CT molecular complexity index is 595. The summed E-state index contributed by atoms with van der Waals surface area (Å²) < 4.78 is 0. The Hall–Kier alpha value is -1.75. The van der Waals surface area contributed by atoms with Crippen molar-refractivity contribution in [2.75, 3.05) is 12.8 Å². The fourth-order valence-corrected chi connectivity index (χ4v) is 2.69. The number of thioether (sulfide) groups is 1. The molecule has 2 aromatic rings. The highest BCUT2D eigenvalue weighted by Crippen LogP contribution is 2.11. The van der Waals surface area contributed by atoms with Crippen molar-refractivity contribution < 1.29 is 4.79 Å². The predicted molar refractivity (Wildman–Crippen MR) is 87.6 cm³/mol. The van der Waals surface area contributed by atoms with Crippen LogP contribution in [-0.2, 0) is 12.2 Å². The molecule has 1 amide bonds. The van der Waals surface area contributed by atoms with Gasteiger partial charge in [-0.05, 0) is 49.3 Å². The second kappa shape index (κ2) is 7.88. The molecule has 1 heterocycles. The Kier molecular flexibility index (Phi) is 5.87. The van der Waals surface area contributed by atoms with Gasteiger partial charge in [-0.1, -0.05) is 12.1 Å². The highest BCUT2D eigenvalue weighted by atomic mass is 32.2. The number of nitrogens with zero attached hydrogens (tertiary/aromatic N) is 1. The average molecular weight is 303 g/mol. The number of H-pyrrole nitrogens is 1. The number of hydrogen-bond donors (Lipinski definition) is 2. The van der Waals surface area contributed by atoms with E-state index in [0.29, 0.717) is 6.54 Å². The van der Waals surface area contributed by atoms with Crippen LogP contribution in [0.15, 0.2) is 30.5 Å². The lowest BCUT2D eigenvalue weighted by atomic mass is 10.1. The molecule has 21 heavy (non-hydrogen) atoms. The minimum atomic E-state index is 0.00173. The molecular formula is C16H21N3OS. The fraction of sp³-hybridized carbons (Fsp3) is 0.375. The van der Waals surface area contributed by atoms with Crippen LogP contribution in [-0.4, -0.2) is 28.9 Å². The van der Waals surface area contributed by atoms with Crippen LogP contribution in [0.2, 0.25) is 0 Å². The van der Waals surface area contributed by atoms with Crippen molar-refractivity contribution >= 4 is 17.7 Å². The number of amides is 1. The van der Waals surface area contributed by atoms with E-state index in [4.69, 9.17) is 0 Å². The van der Waals surface area contributed by atoms with Crippen molar-refractivity contribution in [2.24, 2.45) is 0 Å². The second-order valence-corrected chi connectivity index (χ2v) is 5.88. The highest BCUT2D eigenvalue weighted by molar-refractivity contribution is 7.97. The minimum absolute atomic E-state index is 0.00173. The maximum absolute atomic E-state index is 12.1. The molecular weight excluding hydrogens is 282 g/mol. The molecule has 0 aliphatic heterocycles. The van der Waals surface area contributed by atoms with Crippen LogP contribution in [0, 0.1) is 6.92 Å². The van der Waals surface area contributed by atoms with Gasteiger partial charge >= 0.3 is 0 Å². The van der Waals surface area contributed by atoms with Gasteiger partial charge in [-0.3, -0.25) is 9.89 Å². The zero-order chi connectivity index (χ0) is 15.1. The third-order valence-corrected chi connectivity index (χ3v) is 3.96. The number of carbonyl (C=O) groups is 1. The van der Waals surface area contributed by atoms with E-state index in [9.17, 15) is 4.79 Å². The van der Waals surface area contributed by atoms with Crippen molar-refractivity contribution in [2.45, 2.75) is 25.5 Å². The zero-order valence-corrected chi connectivity index (χ0v) is 13.3. The van der Waals surface area contributed by atoms with Crippen LogP contribution >= 0.6 is 11.8 Å². The van der Waals surface area contributed by atoms with Crippen LogP contribution in [0.4, 0.5) is 0 Å². The minimum Gasteiger partial charge on any atom is -0.352 e. The van der Waals surface area contributed by atoms with Crippen LogP contribution in [0.1, 0.15) is 33.6 Å². The summed E-state index contributed by atoms with van der Waals surface area (Å²) in [6, 6.07) is 7.82. The van der Waals surface area contributed by atoms with E-state index in [2.05, 4.69) is 27.8 Å². The molecule has 0 unspecified atom stereocenters. The van der Waals surface area contributed by atoms with Crippen molar-refractivity contribution in [3.63, 3.8) is 0 Å². The predicted octanol–water partition coefficient (Wildman–Crippen LogP) is 2.94. The van der Waals surface area contributed by atoms with Crippen LogP contribution < -0.4 is 5.32 Å². The van der Waals surface area contributed by atoms with Gasteiger partial charge in [0.05, 0.1) is 6.20 Å². The van der Waals surface area contributed by atoms with Crippen LogP contribution in [0.3, 0.4) is 0 Å². The molecule has 0 aliphatic rings. The van der Waals surface area contributed by atoms with Gasteiger partial charge in [0.2, 0.25) is 0 Å². The maximum Gasteiger partial charge on any atom is 0.251 e. The first-order chi connectivity index (χ1) is 10.2. The van der Waals surface area contributed by atoms with E-state index < -0.39 is 0 Å². The fourth-order valence-electron chi connectivity index (χ4n) is 2.18. The molecule has 0 aliphatic carbocycles. The molecule has 0 fully saturated rings. The largest absolute Gasteiger partial charge is 0.352 e. The average Bonchev–Trinajstić information content (AvgIpc) is 2.89. The number of benzene rings is 1. The molecule has 0 saturated carbocycles. The summed E-state index contributed by atoms with van der Waals surface area (Å²) in [5, 5.41) is 9.89. The van der Waals surface area contributed by atoms with Gasteiger partial charge in [-0.2, -0.15) is 16.9 Å². The Morgan fingerprint density at radius 3 is 3.00 bits per heavy atom. The standard InChI is InChI=1S/C16H21N3OS/c1-12-15(10-18-19-12)7-4-8-17-16(20)14-6-3-5-13(9-14)11-21-2/h3,5-6,9-10H,4,7-8,11H2,1-2H3,(H,17,20)(H,18,19). The van der Waals surface area contributed by atoms with Gasteiger partial charge in [0.1, 0.15) is 0 Å². The Balaban J connectivity index is 1.79. The Morgan fingerprint density at radius 2 is 2.29 bits per heavy atom. The summed E-state index contributed by atoms with van der Waals surface area (Å²) in [5.74, 6) is 0.933. The number of aromatic amines is 1. The normalized spacial score (nSPS) is 10.6. The molecule has 2 rings (SSSR count). The van der Waals surface area contributed by atoms with E-state index in [1.807, 2.05) is 31.3 Å². The number of rotatable bonds is 7. The summed E-state index contributed by atoms with van der Waals surface area (Å²) in [5.41, 5.74) is 4.24. The number of carbonyl (C=O) groups excluding carboxylic acids is 1. The lowest BCUT2D eigenvalue weighted by molar-refractivity contribution is 0.0953. The molecule has 4 nitrogen and oxygen atoms in total. The summed E-state index contributed by atoms with van der Waals surface area (Å²) in [6.07, 6.45) is 5.75. The summed E-state index contributed by atoms with van der Waals surface area (Å²) in [7, 11) is 0. The monoisotopic (exact) mass is 303 g/mol. The second-order valence-electron chi connectivity index (χ2n) is 5.01. The van der Waals surface area contributed by atoms with Gasteiger partial charge in [-0.15, -0.1) is 0 Å². The van der Waals surface area contributed by atoms with Crippen molar-refractivity contribution in [1.82, 2.24) is 15.5 Å². The SMILES string of the molecule is CSCc1cccc(C(=O)NCCCc2cn[nH]c2C)c1. The summed E-state index contributed by atoms with van der Waals surface area (Å²) >= 11 is 1.76. The number of hydrogen-bond acceptors (Lipinski definition) is 3. The van der Waals surface area contributed by atoms with Gasteiger partial charge < -0.3 is 5.32 Å². The lowest BCUT2D eigenvalue weighted by Gasteiger charge is -2.06. The van der Waals surface area contributed by atoms with Crippen molar-refractivity contribution in [3.05, 3.63) is 52.8 Å². The van der Waals surface area contributed by atoms with Gasteiger partial charge in [0, 0.05) is 23.6 Å². The zero-order valence-electron chi connectivity index (χ0n) is 12.5. The molecule has 5 heteroatoms. The molecule has 112 valence electrons. The van der Waals surface area contributed by atoms with E-state index in [-0.39, 0.29) is 5.91 Å². The van der Waals surface area contributed by atoms with E-state index in [1.54, 1.807) is 11.8 Å². The summed E-state index contributed by atoms with van der Waals surface area (Å²) in [4.78, 5) is 12.1. The third kappa shape index (κ3) is 4.63. The van der Waals surface area contributed by atoms with Crippen LogP contribution in [0.25, 0.3) is 0 Å². The quantitative estimate of drug-likeness (QED) is 0.773. The summed E-state index contributed by atoms with van der Waals surface area (Å²) in [6.45, 7) is 2.69. The molecule has 1 aromatic carbocycles. The van der Waals surface area contributed by atoms with E-state index in [0.717, 1.165) is 29.9 Å². The molecule has 0 radical (unpaired) electrons. The first-order valence-corrected chi connectivity index (χ1v) is 8.45. The number of aryl methyl sites for hydroxylation is 2. The molecule has 0 spiro atoms. The lowest BCUT2D eigenvalue weighted by Crippen LogP contribution is -2.24. The molecule has 0 atom stereocenters. The Morgan fingerprint density at radius 1 is 1.43 bits per heavy atom. The van der Waals surface area contributed by atoms with Crippen molar-refractivity contribution in [3.8, 4) is 0 Å². The maximum atomic E-state index is 12.1. The topological polar surface area (TPSA) is 57.8 Å². The first-order valence-electron chi connectivity index (χ1n) is 7.05.